The fraction of sp³-hybridized carbons (Fsp3) is 1.00. The summed E-state index contributed by atoms with van der Waals surface area (Å²) in [6.45, 7) is 1.77. The monoisotopic (exact) mass is 195 g/mol. The molecule has 0 heterocycles. The first-order valence-electron chi connectivity index (χ1n) is 3.87. The Balaban J connectivity index is 3.72. The third-order valence-electron chi connectivity index (χ3n) is 1.67. The van der Waals surface area contributed by atoms with Crippen molar-refractivity contribution in [2.24, 2.45) is 5.73 Å². The van der Waals surface area contributed by atoms with Crippen molar-refractivity contribution in [1.82, 2.24) is 0 Å². The van der Waals surface area contributed by atoms with Crippen LogP contribution in [0.4, 0.5) is 0 Å². The average Bonchev–Trinajstić information content (AvgIpc) is 1.84. The van der Waals surface area contributed by atoms with Crippen LogP contribution >= 0.6 is 0 Å². The van der Waals surface area contributed by atoms with Gasteiger partial charge in [-0.1, -0.05) is 0 Å². The predicted octanol–water partition coefficient (Wildman–Crippen LogP) is -0.479. The van der Waals surface area contributed by atoms with E-state index in [1.54, 1.807) is 6.92 Å². The molecule has 1 unspecified atom stereocenters. The standard InChI is InChI=1S/C7H17NO3S/c1-7(9,6-8)4-3-5-12(2,10)11/h9H,3-6,8H2,1-2H3. The molecule has 0 aliphatic heterocycles. The molecule has 0 saturated heterocycles. The van der Waals surface area contributed by atoms with Gasteiger partial charge in [-0.05, 0) is 19.8 Å². The van der Waals surface area contributed by atoms with Crippen LogP contribution in [0.25, 0.3) is 0 Å². The van der Waals surface area contributed by atoms with Crippen LogP contribution in [0, 0.1) is 0 Å². The molecule has 0 fully saturated rings. The van der Waals surface area contributed by atoms with Gasteiger partial charge in [0.1, 0.15) is 9.84 Å². The third kappa shape index (κ3) is 6.57. The van der Waals surface area contributed by atoms with Gasteiger partial charge in [0, 0.05) is 18.6 Å². The zero-order chi connectivity index (χ0) is 9.83. The molecule has 0 radical (unpaired) electrons. The molecule has 4 nitrogen and oxygen atoms in total. The average molecular weight is 195 g/mol. The fourth-order valence-electron chi connectivity index (χ4n) is 0.817. The number of sulfone groups is 1. The van der Waals surface area contributed by atoms with E-state index in [2.05, 4.69) is 0 Å². The summed E-state index contributed by atoms with van der Waals surface area (Å²) in [6, 6.07) is 0. The normalized spacial score (nSPS) is 17.3. The van der Waals surface area contributed by atoms with E-state index >= 15 is 0 Å². The van der Waals surface area contributed by atoms with E-state index in [0.29, 0.717) is 12.8 Å². The van der Waals surface area contributed by atoms with Gasteiger partial charge < -0.3 is 10.8 Å². The Hall–Kier alpha value is -0.130. The van der Waals surface area contributed by atoms with Crippen LogP contribution in [0.5, 0.6) is 0 Å². The predicted molar refractivity (Wildman–Crippen MR) is 48.6 cm³/mol. The van der Waals surface area contributed by atoms with Gasteiger partial charge in [0.05, 0.1) is 5.60 Å². The highest BCUT2D eigenvalue weighted by molar-refractivity contribution is 7.90. The van der Waals surface area contributed by atoms with E-state index in [-0.39, 0.29) is 12.3 Å². The second kappa shape index (κ2) is 4.20. The highest BCUT2D eigenvalue weighted by atomic mass is 32.2. The first kappa shape index (κ1) is 11.9. The first-order chi connectivity index (χ1) is 5.27. The van der Waals surface area contributed by atoms with Crippen molar-refractivity contribution in [3.63, 3.8) is 0 Å². The first-order valence-corrected chi connectivity index (χ1v) is 5.93. The molecule has 3 N–H and O–H groups in total. The van der Waals surface area contributed by atoms with E-state index in [9.17, 15) is 13.5 Å². The van der Waals surface area contributed by atoms with Crippen LogP contribution in [0.1, 0.15) is 19.8 Å². The molecule has 0 aromatic rings. The summed E-state index contributed by atoms with van der Waals surface area (Å²) in [5.41, 5.74) is 4.33. The minimum Gasteiger partial charge on any atom is -0.389 e. The quantitative estimate of drug-likeness (QED) is 0.621. The molecule has 0 aromatic carbocycles. The summed E-state index contributed by atoms with van der Waals surface area (Å²) >= 11 is 0. The lowest BCUT2D eigenvalue weighted by Crippen LogP contribution is -2.34. The van der Waals surface area contributed by atoms with Crippen molar-refractivity contribution in [2.45, 2.75) is 25.4 Å². The summed E-state index contributed by atoms with van der Waals surface area (Å²) in [7, 11) is -2.91. The van der Waals surface area contributed by atoms with Crippen molar-refractivity contribution in [2.75, 3.05) is 18.6 Å². The van der Waals surface area contributed by atoms with Gasteiger partial charge in [0.25, 0.3) is 0 Å². The molecule has 0 bridgehead atoms. The zero-order valence-corrected chi connectivity index (χ0v) is 8.39. The maximum absolute atomic E-state index is 10.7. The van der Waals surface area contributed by atoms with Crippen LogP contribution in [-0.2, 0) is 9.84 Å². The van der Waals surface area contributed by atoms with E-state index < -0.39 is 15.4 Å². The number of nitrogens with two attached hydrogens (primary N) is 1. The third-order valence-corrected chi connectivity index (χ3v) is 2.70. The molecule has 0 aromatic heterocycles. The summed E-state index contributed by atoms with van der Waals surface area (Å²) in [5.74, 6) is 0.114. The van der Waals surface area contributed by atoms with Gasteiger partial charge in [-0.2, -0.15) is 0 Å². The highest BCUT2D eigenvalue weighted by Crippen LogP contribution is 2.10. The van der Waals surface area contributed by atoms with Crippen LogP contribution in [0.2, 0.25) is 0 Å². The van der Waals surface area contributed by atoms with Gasteiger partial charge in [-0.25, -0.2) is 8.42 Å². The topological polar surface area (TPSA) is 80.4 Å². The fourth-order valence-corrected chi connectivity index (χ4v) is 1.49. The van der Waals surface area contributed by atoms with Crippen LogP contribution < -0.4 is 5.73 Å². The lowest BCUT2D eigenvalue weighted by atomic mass is 10.0. The van der Waals surface area contributed by atoms with Gasteiger partial charge in [-0.3, -0.25) is 0 Å². The van der Waals surface area contributed by atoms with Gasteiger partial charge >= 0.3 is 0 Å². The molecular weight excluding hydrogens is 178 g/mol. The highest BCUT2D eigenvalue weighted by Gasteiger charge is 2.17. The van der Waals surface area contributed by atoms with Gasteiger partial charge in [0.15, 0.2) is 0 Å². The number of hydrogen-bond acceptors (Lipinski definition) is 4. The Morgan fingerprint density at radius 2 is 2.00 bits per heavy atom. The molecule has 0 amide bonds. The Labute approximate surface area is 73.7 Å². The van der Waals surface area contributed by atoms with E-state index in [1.807, 2.05) is 0 Å². The van der Waals surface area contributed by atoms with E-state index in [0.717, 1.165) is 0 Å². The lowest BCUT2D eigenvalue weighted by Gasteiger charge is -2.20. The maximum Gasteiger partial charge on any atom is 0.147 e. The largest absolute Gasteiger partial charge is 0.389 e. The van der Waals surface area contributed by atoms with Gasteiger partial charge in [-0.15, -0.1) is 0 Å². The summed E-state index contributed by atoms with van der Waals surface area (Å²) in [6.07, 6.45) is 2.07. The van der Waals surface area contributed by atoms with Crippen LogP contribution in [-0.4, -0.2) is 37.7 Å². The molecular formula is C7H17NO3S. The van der Waals surface area contributed by atoms with Crippen molar-refractivity contribution in [3.05, 3.63) is 0 Å². The van der Waals surface area contributed by atoms with Crippen molar-refractivity contribution in [3.8, 4) is 0 Å². The summed E-state index contributed by atoms with van der Waals surface area (Å²) in [5, 5.41) is 9.40. The molecule has 0 aliphatic rings. The van der Waals surface area contributed by atoms with Crippen molar-refractivity contribution >= 4 is 9.84 Å². The zero-order valence-electron chi connectivity index (χ0n) is 7.58. The second-order valence-electron chi connectivity index (χ2n) is 3.43. The van der Waals surface area contributed by atoms with E-state index in [4.69, 9.17) is 5.73 Å². The molecule has 0 saturated carbocycles. The number of aliphatic hydroxyl groups is 1. The molecule has 1 atom stereocenters. The molecule has 0 spiro atoms. The molecule has 0 aliphatic carbocycles. The summed E-state index contributed by atoms with van der Waals surface area (Å²) < 4.78 is 21.4. The van der Waals surface area contributed by atoms with Crippen molar-refractivity contribution in [1.29, 1.82) is 0 Å². The van der Waals surface area contributed by atoms with Crippen LogP contribution in [0.15, 0.2) is 0 Å². The Morgan fingerprint density at radius 1 is 1.50 bits per heavy atom. The Kier molecular flexibility index (Phi) is 4.16. The van der Waals surface area contributed by atoms with Crippen LogP contribution in [0.3, 0.4) is 0 Å². The smallest absolute Gasteiger partial charge is 0.147 e. The SMILES string of the molecule is CC(O)(CN)CCCS(C)(=O)=O. The summed E-state index contributed by atoms with van der Waals surface area (Å²) in [4.78, 5) is 0. The maximum atomic E-state index is 10.7. The minimum absolute atomic E-state index is 0.114. The van der Waals surface area contributed by atoms with Gasteiger partial charge in [0.2, 0.25) is 0 Å². The minimum atomic E-state index is -2.91. The number of rotatable bonds is 5. The van der Waals surface area contributed by atoms with E-state index in [1.165, 1.54) is 6.26 Å². The lowest BCUT2D eigenvalue weighted by molar-refractivity contribution is 0.0595. The Bertz CT molecular complexity index is 221. The number of hydrogen-bond donors (Lipinski definition) is 2. The second-order valence-corrected chi connectivity index (χ2v) is 5.69. The van der Waals surface area contributed by atoms with Crippen molar-refractivity contribution < 1.29 is 13.5 Å². The molecule has 5 heteroatoms. The molecule has 74 valence electrons. The molecule has 0 rings (SSSR count). The molecule has 12 heavy (non-hydrogen) atoms. The Morgan fingerprint density at radius 3 is 2.33 bits per heavy atom.